The number of amides is 1. The third kappa shape index (κ3) is 5.49. The van der Waals surface area contributed by atoms with Crippen molar-refractivity contribution >= 4 is 39.9 Å². The highest BCUT2D eigenvalue weighted by molar-refractivity contribution is 7.17. The Morgan fingerprint density at radius 2 is 1.66 bits per heavy atom. The standard InChI is InChI=1S/C32H28N2O6S/c1-4-39-31(38)29-20(3)33-32(41-29)34-26(21-11-6-5-7-12-21)25(28(36)30(34)37)27(35)22-14-16-24(17-15-22)40-18-23-13-9-8-10-19(23)2/h5-17,26,35H,4,18H2,1-3H3. The minimum Gasteiger partial charge on any atom is -0.507 e. The normalized spacial score (nSPS) is 16.2. The maximum absolute atomic E-state index is 13.4. The number of thiazole rings is 1. The molecule has 0 spiro atoms. The first-order chi connectivity index (χ1) is 19.8. The average Bonchev–Trinajstić information content (AvgIpc) is 3.49. The van der Waals surface area contributed by atoms with Crippen LogP contribution in [0, 0.1) is 13.8 Å². The van der Waals surface area contributed by atoms with E-state index in [4.69, 9.17) is 9.47 Å². The van der Waals surface area contributed by atoms with E-state index in [-0.39, 0.29) is 27.9 Å². The Morgan fingerprint density at radius 1 is 0.976 bits per heavy atom. The highest BCUT2D eigenvalue weighted by atomic mass is 32.1. The van der Waals surface area contributed by atoms with Gasteiger partial charge in [-0.25, -0.2) is 9.78 Å². The van der Waals surface area contributed by atoms with Crippen LogP contribution in [0.1, 0.15) is 50.6 Å². The Balaban J connectivity index is 1.51. The Bertz CT molecular complexity index is 1640. The predicted octanol–water partition coefficient (Wildman–Crippen LogP) is 6.14. The van der Waals surface area contributed by atoms with Gasteiger partial charge in [-0.2, -0.15) is 0 Å². The number of esters is 1. The van der Waals surface area contributed by atoms with Gasteiger partial charge in [-0.1, -0.05) is 65.9 Å². The summed E-state index contributed by atoms with van der Waals surface area (Å²) in [6.45, 7) is 5.94. The summed E-state index contributed by atoms with van der Waals surface area (Å²) in [5, 5.41) is 11.6. The molecule has 208 valence electrons. The number of hydrogen-bond acceptors (Lipinski definition) is 8. The lowest BCUT2D eigenvalue weighted by Gasteiger charge is -2.23. The maximum Gasteiger partial charge on any atom is 0.350 e. The smallest absolute Gasteiger partial charge is 0.350 e. The second-order valence-corrected chi connectivity index (χ2v) is 10.4. The molecule has 0 radical (unpaired) electrons. The molecule has 0 bridgehead atoms. The predicted molar refractivity (Wildman–Crippen MR) is 156 cm³/mol. The van der Waals surface area contributed by atoms with Crippen molar-refractivity contribution in [1.82, 2.24) is 4.98 Å². The fraction of sp³-hybridized carbons (Fsp3) is 0.188. The van der Waals surface area contributed by atoms with Gasteiger partial charge in [0, 0.05) is 5.56 Å². The molecule has 1 saturated heterocycles. The number of ether oxygens (including phenoxy) is 2. The second kappa shape index (κ2) is 11.8. The van der Waals surface area contributed by atoms with Crippen molar-refractivity contribution in [2.75, 3.05) is 11.5 Å². The Labute approximate surface area is 241 Å². The number of aryl methyl sites for hydroxylation is 2. The van der Waals surface area contributed by atoms with E-state index in [1.54, 1.807) is 62.4 Å². The summed E-state index contributed by atoms with van der Waals surface area (Å²) in [6.07, 6.45) is 0. The third-order valence-electron chi connectivity index (χ3n) is 6.80. The number of Topliss-reactive ketones (excluding diaryl/α,β-unsaturated/α-hetero) is 1. The molecule has 1 aliphatic heterocycles. The molecule has 4 aromatic rings. The van der Waals surface area contributed by atoms with Crippen LogP contribution >= 0.6 is 11.3 Å². The van der Waals surface area contributed by atoms with Gasteiger partial charge in [0.25, 0.3) is 5.78 Å². The van der Waals surface area contributed by atoms with E-state index >= 15 is 0 Å². The number of aromatic nitrogens is 1. The summed E-state index contributed by atoms with van der Waals surface area (Å²) in [6, 6.07) is 22.6. The van der Waals surface area contributed by atoms with Crippen molar-refractivity contribution in [3.05, 3.63) is 117 Å². The van der Waals surface area contributed by atoms with Crippen molar-refractivity contribution in [3.8, 4) is 5.75 Å². The first-order valence-corrected chi connectivity index (χ1v) is 13.9. The highest BCUT2D eigenvalue weighted by Gasteiger charge is 2.48. The third-order valence-corrected chi connectivity index (χ3v) is 7.93. The summed E-state index contributed by atoms with van der Waals surface area (Å²) < 4.78 is 11.0. The van der Waals surface area contributed by atoms with Gasteiger partial charge in [-0.05, 0) is 61.7 Å². The van der Waals surface area contributed by atoms with E-state index in [0.29, 0.717) is 29.2 Å². The highest BCUT2D eigenvalue weighted by Crippen LogP contribution is 2.44. The molecule has 1 N–H and O–H groups in total. The molecular weight excluding hydrogens is 540 g/mol. The zero-order valence-electron chi connectivity index (χ0n) is 22.8. The zero-order valence-corrected chi connectivity index (χ0v) is 23.6. The topological polar surface area (TPSA) is 106 Å². The fourth-order valence-corrected chi connectivity index (χ4v) is 5.64. The van der Waals surface area contributed by atoms with Gasteiger partial charge in [0.2, 0.25) is 0 Å². The van der Waals surface area contributed by atoms with Crippen LogP contribution in [0.25, 0.3) is 5.76 Å². The lowest BCUT2D eigenvalue weighted by atomic mass is 9.95. The van der Waals surface area contributed by atoms with Crippen LogP contribution < -0.4 is 9.64 Å². The number of ketones is 1. The van der Waals surface area contributed by atoms with Gasteiger partial charge in [-0.15, -0.1) is 0 Å². The van der Waals surface area contributed by atoms with Crippen molar-refractivity contribution < 1.29 is 29.0 Å². The molecule has 8 nitrogen and oxygen atoms in total. The monoisotopic (exact) mass is 568 g/mol. The number of carbonyl (C=O) groups excluding carboxylic acids is 3. The second-order valence-electron chi connectivity index (χ2n) is 9.45. The van der Waals surface area contributed by atoms with Crippen LogP contribution in [-0.4, -0.2) is 34.4 Å². The molecule has 1 atom stereocenters. The van der Waals surface area contributed by atoms with Gasteiger partial charge in [0.05, 0.1) is 23.9 Å². The van der Waals surface area contributed by atoms with Crippen LogP contribution in [0.5, 0.6) is 5.75 Å². The molecular formula is C32H28N2O6S. The number of aliphatic hydroxyl groups excluding tert-OH is 1. The van der Waals surface area contributed by atoms with Crippen LogP contribution in [0.15, 0.2) is 84.4 Å². The van der Waals surface area contributed by atoms with E-state index in [2.05, 4.69) is 4.98 Å². The molecule has 5 rings (SSSR count). The van der Waals surface area contributed by atoms with E-state index in [0.717, 1.165) is 22.5 Å². The summed E-state index contributed by atoms with van der Waals surface area (Å²) in [5.74, 6) is -1.96. The van der Waals surface area contributed by atoms with Gasteiger partial charge in [0.15, 0.2) is 5.13 Å². The number of benzene rings is 3. The van der Waals surface area contributed by atoms with E-state index in [1.807, 2.05) is 37.3 Å². The number of aliphatic hydroxyl groups is 1. The molecule has 0 saturated carbocycles. The van der Waals surface area contributed by atoms with Crippen molar-refractivity contribution in [3.63, 3.8) is 0 Å². The fourth-order valence-electron chi connectivity index (χ4n) is 4.65. The lowest BCUT2D eigenvalue weighted by Crippen LogP contribution is -2.29. The minimum absolute atomic E-state index is 0.0692. The van der Waals surface area contributed by atoms with Gasteiger partial charge < -0.3 is 14.6 Å². The van der Waals surface area contributed by atoms with Crippen molar-refractivity contribution in [2.45, 2.75) is 33.4 Å². The number of rotatable bonds is 8. The molecule has 1 aromatic heterocycles. The first-order valence-electron chi connectivity index (χ1n) is 13.1. The van der Waals surface area contributed by atoms with Crippen LogP contribution in [0.2, 0.25) is 0 Å². The maximum atomic E-state index is 13.4. The minimum atomic E-state index is -0.950. The molecule has 41 heavy (non-hydrogen) atoms. The molecule has 1 unspecified atom stereocenters. The summed E-state index contributed by atoms with van der Waals surface area (Å²) in [7, 11) is 0. The molecule has 3 aromatic carbocycles. The van der Waals surface area contributed by atoms with Gasteiger partial charge >= 0.3 is 11.9 Å². The zero-order chi connectivity index (χ0) is 29.1. The Kier molecular flexibility index (Phi) is 7.98. The molecule has 1 aliphatic rings. The molecule has 2 heterocycles. The number of carbonyl (C=O) groups is 3. The molecule has 1 amide bonds. The summed E-state index contributed by atoms with van der Waals surface area (Å²) in [5.41, 5.74) is 3.47. The van der Waals surface area contributed by atoms with Crippen molar-refractivity contribution in [2.24, 2.45) is 0 Å². The number of nitrogens with zero attached hydrogens (tertiary/aromatic N) is 2. The largest absolute Gasteiger partial charge is 0.507 e. The van der Waals surface area contributed by atoms with Crippen LogP contribution in [0.3, 0.4) is 0 Å². The van der Waals surface area contributed by atoms with E-state index in [1.165, 1.54) is 4.90 Å². The van der Waals surface area contributed by atoms with E-state index < -0.39 is 23.7 Å². The first kappa shape index (κ1) is 27.8. The van der Waals surface area contributed by atoms with Gasteiger partial charge in [0.1, 0.15) is 23.0 Å². The molecule has 0 aliphatic carbocycles. The SMILES string of the molecule is CCOC(=O)c1sc(N2C(=O)C(=O)C(=C(O)c3ccc(OCc4ccccc4C)cc3)C2c2ccccc2)nc1C. The average molecular weight is 569 g/mol. The quantitative estimate of drug-likeness (QED) is 0.118. The molecule has 1 fully saturated rings. The number of hydrogen-bond donors (Lipinski definition) is 1. The molecule has 9 heteroatoms. The van der Waals surface area contributed by atoms with E-state index in [9.17, 15) is 19.5 Å². The summed E-state index contributed by atoms with van der Waals surface area (Å²) >= 11 is 0.972. The lowest BCUT2D eigenvalue weighted by molar-refractivity contribution is -0.132. The Hall–Kier alpha value is -4.76. The van der Waals surface area contributed by atoms with Crippen molar-refractivity contribution in [1.29, 1.82) is 0 Å². The van der Waals surface area contributed by atoms with Crippen LogP contribution in [0.4, 0.5) is 5.13 Å². The number of anilines is 1. The van der Waals surface area contributed by atoms with Gasteiger partial charge in [-0.3, -0.25) is 14.5 Å². The Morgan fingerprint density at radius 3 is 2.34 bits per heavy atom. The van der Waals surface area contributed by atoms with Crippen LogP contribution in [-0.2, 0) is 20.9 Å². The summed E-state index contributed by atoms with van der Waals surface area (Å²) in [4.78, 5) is 45.2.